The van der Waals surface area contributed by atoms with Crippen LogP contribution in [0.15, 0.2) is 5.16 Å². The number of nitrogens with zero attached hydrogens (tertiary/aromatic N) is 4. The van der Waals surface area contributed by atoms with E-state index in [9.17, 15) is 0 Å². The summed E-state index contributed by atoms with van der Waals surface area (Å²) >= 11 is 1.72. The molecule has 1 heterocycles. The van der Waals surface area contributed by atoms with Crippen molar-refractivity contribution >= 4 is 11.8 Å². The van der Waals surface area contributed by atoms with Crippen molar-refractivity contribution in [2.45, 2.75) is 55.8 Å². The molecule has 2 fully saturated rings. The van der Waals surface area contributed by atoms with E-state index in [4.69, 9.17) is 5.73 Å². The van der Waals surface area contributed by atoms with E-state index in [2.05, 4.69) is 15.5 Å². The molecule has 1 unspecified atom stereocenters. The monoisotopic (exact) mass is 253 g/mol. The largest absolute Gasteiger partial charge is 0.327 e. The van der Waals surface area contributed by atoms with Gasteiger partial charge in [-0.25, -0.2) is 4.68 Å². The van der Waals surface area contributed by atoms with Crippen LogP contribution in [0.1, 0.15) is 44.6 Å². The molecule has 94 valence electrons. The quantitative estimate of drug-likeness (QED) is 0.807. The number of hydrogen-bond acceptors (Lipinski definition) is 5. The molecule has 6 heteroatoms. The van der Waals surface area contributed by atoms with E-state index >= 15 is 0 Å². The zero-order valence-corrected chi connectivity index (χ0v) is 10.8. The molecule has 1 aromatic heterocycles. The number of nitrogens with two attached hydrogens (primary N) is 1. The van der Waals surface area contributed by atoms with Crippen molar-refractivity contribution < 1.29 is 0 Å². The highest BCUT2D eigenvalue weighted by Gasteiger charge is 2.29. The van der Waals surface area contributed by atoms with Crippen molar-refractivity contribution in [1.29, 1.82) is 0 Å². The first-order valence-electron chi connectivity index (χ1n) is 6.51. The first-order chi connectivity index (χ1) is 8.34. The fraction of sp³-hybridized carbons (Fsp3) is 0.909. The third kappa shape index (κ3) is 2.63. The van der Waals surface area contributed by atoms with Crippen molar-refractivity contribution in [1.82, 2.24) is 20.2 Å². The number of aromatic nitrogens is 4. The molecule has 2 N–H and O–H groups in total. The van der Waals surface area contributed by atoms with Crippen LogP contribution in [-0.4, -0.2) is 32.0 Å². The van der Waals surface area contributed by atoms with Crippen LogP contribution in [0.25, 0.3) is 0 Å². The topological polar surface area (TPSA) is 69.6 Å². The maximum absolute atomic E-state index is 6.10. The van der Waals surface area contributed by atoms with E-state index in [0.717, 1.165) is 16.8 Å². The van der Waals surface area contributed by atoms with E-state index in [0.29, 0.717) is 12.1 Å². The van der Waals surface area contributed by atoms with E-state index in [1.165, 1.54) is 38.5 Å². The second-order valence-corrected chi connectivity index (χ2v) is 6.14. The third-order valence-electron chi connectivity index (χ3n) is 3.77. The molecule has 0 saturated heterocycles. The maximum atomic E-state index is 6.10. The van der Waals surface area contributed by atoms with Gasteiger partial charge in [-0.1, -0.05) is 24.6 Å². The van der Waals surface area contributed by atoms with Gasteiger partial charge in [-0.3, -0.25) is 0 Å². The molecule has 2 aliphatic rings. The molecule has 0 amide bonds. The van der Waals surface area contributed by atoms with Gasteiger partial charge in [0.2, 0.25) is 5.16 Å². The van der Waals surface area contributed by atoms with E-state index in [1.54, 1.807) is 11.8 Å². The zero-order chi connectivity index (χ0) is 11.7. The molecular weight excluding hydrogens is 234 g/mol. The van der Waals surface area contributed by atoms with Crippen molar-refractivity contribution in [2.75, 3.05) is 5.75 Å². The van der Waals surface area contributed by atoms with Gasteiger partial charge >= 0.3 is 0 Å². The summed E-state index contributed by atoms with van der Waals surface area (Å²) < 4.78 is 2.01. The van der Waals surface area contributed by atoms with Crippen LogP contribution in [0.5, 0.6) is 0 Å². The standard InChI is InChI=1S/C11H19N5S/c12-10(8-5-6-8)7-17-11-13-14-15-16(11)9-3-1-2-4-9/h8-10H,1-7,12H2. The highest BCUT2D eigenvalue weighted by atomic mass is 32.2. The molecule has 2 saturated carbocycles. The van der Waals surface area contributed by atoms with Gasteiger partial charge in [0.1, 0.15) is 0 Å². The Bertz CT molecular complexity index is 370. The lowest BCUT2D eigenvalue weighted by molar-refractivity contribution is 0.423. The molecule has 0 aromatic carbocycles. The first kappa shape index (κ1) is 11.5. The summed E-state index contributed by atoms with van der Waals surface area (Å²) in [4.78, 5) is 0. The Balaban J connectivity index is 1.60. The minimum absolute atomic E-state index is 0.314. The average molecular weight is 253 g/mol. The summed E-state index contributed by atoms with van der Waals surface area (Å²) in [5.74, 6) is 1.69. The lowest BCUT2D eigenvalue weighted by Gasteiger charge is -2.12. The third-order valence-corrected chi connectivity index (χ3v) is 4.84. The Morgan fingerprint density at radius 3 is 2.76 bits per heavy atom. The van der Waals surface area contributed by atoms with Crippen LogP contribution in [0.3, 0.4) is 0 Å². The Morgan fingerprint density at radius 2 is 2.06 bits per heavy atom. The van der Waals surface area contributed by atoms with Gasteiger partial charge in [-0.05, 0) is 42.0 Å². The Morgan fingerprint density at radius 1 is 1.29 bits per heavy atom. The van der Waals surface area contributed by atoms with Crippen LogP contribution in [0, 0.1) is 5.92 Å². The smallest absolute Gasteiger partial charge is 0.209 e. The predicted octanol–water partition coefficient (Wildman–Crippen LogP) is 1.62. The molecular formula is C11H19N5S. The molecule has 1 aromatic rings. The van der Waals surface area contributed by atoms with Gasteiger partial charge in [-0.15, -0.1) is 5.10 Å². The van der Waals surface area contributed by atoms with Crippen LogP contribution < -0.4 is 5.73 Å². The summed E-state index contributed by atoms with van der Waals surface area (Å²) in [6.07, 6.45) is 7.64. The van der Waals surface area contributed by atoms with Gasteiger partial charge < -0.3 is 5.73 Å². The highest BCUT2D eigenvalue weighted by Crippen LogP contribution is 2.35. The van der Waals surface area contributed by atoms with Gasteiger partial charge in [-0.2, -0.15) is 0 Å². The van der Waals surface area contributed by atoms with Crippen LogP contribution >= 0.6 is 11.8 Å². The molecule has 0 radical (unpaired) electrons. The fourth-order valence-electron chi connectivity index (χ4n) is 2.49. The molecule has 17 heavy (non-hydrogen) atoms. The van der Waals surface area contributed by atoms with E-state index in [-0.39, 0.29) is 0 Å². The minimum atomic E-state index is 0.314. The summed E-state index contributed by atoms with van der Waals surface area (Å²) in [6.45, 7) is 0. The van der Waals surface area contributed by atoms with Crippen molar-refractivity contribution in [3.8, 4) is 0 Å². The van der Waals surface area contributed by atoms with Gasteiger partial charge in [0, 0.05) is 11.8 Å². The predicted molar refractivity (Wildman–Crippen MR) is 66.7 cm³/mol. The van der Waals surface area contributed by atoms with Gasteiger partial charge in [0.15, 0.2) is 0 Å². The molecule has 5 nitrogen and oxygen atoms in total. The summed E-state index contributed by atoms with van der Waals surface area (Å²) in [5.41, 5.74) is 6.10. The second-order valence-electron chi connectivity index (χ2n) is 5.16. The molecule has 3 rings (SSSR count). The summed E-state index contributed by atoms with van der Waals surface area (Å²) in [7, 11) is 0. The lowest BCUT2D eigenvalue weighted by atomic mass is 10.2. The van der Waals surface area contributed by atoms with Crippen molar-refractivity contribution in [3.05, 3.63) is 0 Å². The van der Waals surface area contributed by atoms with E-state index < -0.39 is 0 Å². The SMILES string of the molecule is NC(CSc1nnnn1C1CCCC1)C1CC1. The number of tetrazole rings is 1. The molecule has 0 bridgehead atoms. The maximum Gasteiger partial charge on any atom is 0.209 e. The minimum Gasteiger partial charge on any atom is -0.327 e. The number of rotatable bonds is 5. The Labute approximate surface area is 106 Å². The molecule has 0 spiro atoms. The highest BCUT2D eigenvalue weighted by molar-refractivity contribution is 7.99. The van der Waals surface area contributed by atoms with Gasteiger partial charge in [0.05, 0.1) is 6.04 Å². The lowest BCUT2D eigenvalue weighted by Crippen LogP contribution is -2.25. The molecule has 0 aliphatic heterocycles. The zero-order valence-electron chi connectivity index (χ0n) is 9.96. The number of thioether (sulfide) groups is 1. The van der Waals surface area contributed by atoms with E-state index in [1.807, 2.05) is 4.68 Å². The Kier molecular flexibility index (Phi) is 3.33. The first-order valence-corrected chi connectivity index (χ1v) is 7.49. The molecule has 2 aliphatic carbocycles. The summed E-state index contributed by atoms with van der Waals surface area (Å²) in [6, 6.07) is 0.832. The summed E-state index contributed by atoms with van der Waals surface area (Å²) in [5, 5.41) is 13.0. The van der Waals surface area contributed by atoms with Crippen LogP contribution in [-0.2, 0) is 0 Å². The van der Waals surface area contributed by atoms with Crippen molar-refractivity contribution in [3.63, 3.8) is 0 Å². The average Bonchev–Trinajstić information content (AvgIpc) is 2.88. The number of hydrogen-bond donors (Lipinski definition) is 1. The van der Waals surface area contributed by atoms with Crippen molar-refractivity contribution in [2.24, 2.45) is 11.7 Å². The molecule has 1 atom stereocenters. The van der Waals surface area contributed by atoms with Crippen LogP contribution in [0.4, 0.5) is 0 Å². The fourth-order valence-corrected chi connectivity index (χ4v) is 3.52. The normalized spacial score (nSPS) is 23.1. The van der Waals surface area contributed by atoms with Gasteiger partial charge in [0.25, 0.3) is 0 Å². The van der Waals surface area contributed by atoms with Crippen LogP contribution in [0.2, 0.25) is 0 Å². The second kappa shape index (κ2) is 4.94. The Hall–Kier alpha value is -0.620.